The number of carbonyl (C=O) groups excluding carboxylic acids is 1. The topological polar surface area (TPSA) is 44.8 Å². The molecular formula is C12H16O4. The summed E-state index contributed by atoms with van der Waals surface area (Å²) in [4.78, 5) is 11.6. The van der Waals surface area contributed by atoms with Crippen molar-refractivity contribution in [1.82, 2.24) is 0 Å². The fourth-order valence-electron chi connectivity index (χ4n) is 1.37. The van der Waals surface area contributed by atoms with Crippen LogP contribution in [0.25, 0.3) is 0 Å². The highest BCUT2D eigenvalue weighted by Crippen LogP contribution is 2.21. The average Bonchev–Trinajstić information content (AvgIpc) is 2.31. The molecule has 1 aromatic rings. The lowest BCUT2D eigenvalue weighted by Gasteiger charge is -2.14. The Kier molecular flexibility index (Phi) is 4.79. The second-order valence-corrected chi connectivity index (χ2v) is 3.14. The number of methoxy groups -OCH3 is 2. The van der Waals surface area contributed by atoms with E-state index in [9.17, 15) is 4.79 Å². The monoisotopic (exact) mass is 224 g/mol. The van der Waals surface area contributed by atoms with Gasteiger partial charge in [-0.15, -0.1) is 0 Å². The number of ether oxygens (including phenoxy) is 3. The van der Waals surface area contributed by atoms with E-state index in [0.717, 1.165) is 11.3 Å². The molecule has 0 heterocycles. The molecule has 0 aliphatic rings. The molecule has 0 radical (unpaired) electrons. The van der Waals surface area contributed by atoms with Gasteiger partial charge >= 0.3 is 5.97 Å². The van der Waals surface area contributed by atoms with Gasteiger partial charge in [0.05, 0.1) is 13.7 Å². The Hall–Kier alpha value is -1.55. The minimum Gasteiger partial charge on any atom is -0.497 e. The molecule has 16 heavy (non-hydrogen) atoms. The first-order chi connectivity index (χ1) is 7.72. The molecule has 0 amide bonds. The lowest BCUT2D eigenvalue weighted by molar-refractivity contribution is -0.155. The number of benzene rings is 1. The van der Waals surface area contributed by atoms with Crippen LogP contribution < -0.4 is 4.74 Å². The highest BCUT2D eigenvalue weighted by Gasteiger charge is 2.21. The molecule has 0 spiro atoms. The normalized spacial score (nSPS) is 11.9. The van der Waals surface area contributed by atoms with Gasteiger partial charge in [0.25, 0.3) is 0 Å². The van der Waals surface area contributed by atoms with E-state index in [1.165, 1.54) is 7.11 Å². The Labute approximate surface area is 95.1 Å². The molecule has 1 aromatic carbocycles. The summed E-state index contributed by atoms with van der Waals surface area (Å²) in [7, 11) is 3.07. The van der Waals surface area contributed by atoms with Crippen molar-refractivity contribution in [2.24, 2.45) is 0 Å². The summed E-state index contributed by atoms with van der Waals surface area (Å²) in [6.07, 6.45) is -0.675. The Balaban J connectivity index is 2.82. The van der Waals surface area contributed by atoms with E-state index in [1.807, 2.05) is 0 Å². The summed E-state index contributed by atoms with van der Waals surface area (Å²) in [5.41, 5.74) is 0.752. The third-order valence-electron chi connectivity index (χ3n) is 2.15. The minimum atomic E-state index is -0.675. The number of hydrogen-bond donors (Lipinski definition) is 0. The molecule has 0 fully saturated rings. The fraction of sp³-hybridized carbons (Fsp3) is 0.417. The van der Waals surface area contributed by atoms with Crippen molar-refractivity contribution in [3.63, 3.8) is 0 Å². The van der Waals surface area contributed by atoms with Gasteiger partial charge in [0.1, 0.15) is 5.75 Å². The van der Waals surface area contributed by atoms with Crippen LogP contribution in [-0.4, -0.2) is 26.8 Å². The molecule has 4 heteroatoms. The van der Waals surface area contributed by atoms with Crippen LogP contribution in [0.5, 0.6) is 5.75 Å². The Morgan fingerprint density at radius 1 is 1.25 bits per heavy atom. The van der Waals surface area contributed by atoms with Crippen molar-refractivity contribution < 1.29 is 19.0 Å². The van der Waals surface area contributed by atoms with Crippen LogP contribution in [0, 0.1) is 0 Å². The number of esters is 1. The van der Waals surface area contributed by atoms with Crippen LogP contribution in [0.4, 0.5) is 0 Å². The van der Waals surface area contributed by atoms with Crippen molar-refractivity contribution in [3.05, 3.63) is 29.8 Å². The molecular weight excluding hydrogens is 208 g/mol. The van der Waals surface area contributed by atoms with Crippen molar-refractivity contribution in [3.8, 4) is 5.75 Å². The van der Waals surface area contributed by atoms with Crippen molar-refractivity contribution in [2.45, 2.75) is 13.0 Å². The fourth-order valence-corrected chi connectivity index (χ4v) is 1.37. The summed E-state index contributed by atoms with van der Waals surface area (Å²) in [5.74, 6) is 0.359. The van der Waals surface area contributed by atoms with Crippen LogP contribution in [0.3, 0.4) is 0 Å². The third kappa shape index (κ3) is 2.97. The first kappa shape index (κ1) is 12.5. The number of hydrogen-bond acceptors (Lipinski definition) is 4. The van der Waals surface area contributed by atoms with Gasteiger partial charge in [-0.2, -0.15) is 0 Å². The van der Waals surface area contributed by atoms with Gasteiger partial charge in [-0.3, -0.25) is 0 Å². The lowest BCUT2D eigenvalue weighted by atomic mass is 10.1. The predicted molar refractivity (Wildman–Crippen MR) is 59.4 cm³/mol. The van der Waals surface area contributed by atoms with Gasteiger partial charge in [-0.05, 0) is 24.6 Å². The SMILES string of the molecule is CCOC(=O)C(OC)c1ccc(OC)cc1. The van der Waals surface area contributed by atoms with Crippen molar-refractivity contribution in [1.29, 1.82) is 0 Å². The van der Waals surface area contributed by atoms with Crippen molar-refractivity contribution >= 4 is 5.97 Å². The second kappa shape index (κ2) is 6.12. The van der Waals surface area contributed by atoms with E-state index >= 15 is 0 Å². The molecule has 0 aliphatic carbocycles. The molecule has 1 unspecified atom stereocenters. The summed E-state index contributed by atoms with van der Waals surface area (Å²) < 4.78 is 15.1. The van der Waals surface area contributed by atoms with Gasteiger partial charge < -0.3 is 14.2 Å². The minimum absolute atomic E-state index is 0.342. The Morgan fingerprint density at radius 3 is 2.31 bits per heavy atom. The standard InChI is InChI=1S/C12H16O4/c1-4-16-12(13)11(15-3)9-5-7-10(14-2)8-6-9/h5-8,11H,4H2,1-3H3. The molecule has 0 N–H and O–H groups in total. The summed E-state index contributed by atoms with van der Waals surface area (Å²) >= 11 is 0. The van der Waals surface area contributed by atoms with E-state index in [1.54, 1.807) is 38.3 Å². The van der Waals surface area contributed by atoms with E-state index in [2.05, 4.69) is 0 Å². The summed E-state index contributed by atoms with van der Waals surface area (Å²) in [6.45, 7) is 2.10. The van der Waals surface area contributed by atoms with E-state index in [-0.39, 0.29) is 5.97 Å². The van der Waals surface area contributed by atoms with Gasteiger partial charge in [-0.1, -0.05) is 12.1 Å². The smallest absolute Gasteiger partial charge is 0.339 e. The Bertz CT molecular complexity index is 331. The maximum Gasteiger partial charge on any atom is 0.339 e. The van der Waals surface area contributed by atoms with Crippen LogP contribution >= 0.6 is 0 Å². The largest absolute Gasteiger partial charge is 0.497 e. The summed E-state index contributed by atoms with van der Waals surface area (Å²) in [6, 6.07) is 7.12. The van der Waals surface area contributed by atoms with Crippen LogP contribution in [0.2, 0.25) is 0 Å². The van der Waals surface area contributed by atoms with E-state index in [0.29, 0.717) is 6.61 Å². The maximum atomic E-state index is 11.6. The molecule has 1 rings (SSSR count). The van der Waals surface area contributed by atoms with Gasteiger partial charge in [0.15, 0.2) is 6.10 Å². The number of rotatable bonds is 5. The first-order valence-corrected chi connectivity index (χ1v) is 5.06. The van der Waals surface area contributed by atoms with Crippen LogP contribution in [-0.2, 0) is 14.3 Å². The lowest BCUT2D eigenvalue weighted by Crippen LogP contribution is -2.17. The number of carbonyl (C=O) groups is 1. The van der Waals surface area contributed by atoms with Gasteiger partial charge in [-0.25, -0.2) is 4.79 Å². The highest BCUT2D eigenvalue weighted by atomic mass is 16.6. The first-order valence-electron chi connectivity index (χ1n) is 5.06. The zero-order valence-corrected chi connectivity index (χ0v) is 9.73. The third-order valence-corrected chi connectivity index (χ3v) is 2.15. The molecule has 88 valence electrons. The van der Waals surface area contributed by atoms with E-state index < -0.39 is 6.10 Å². The summed E-state index contributed by atoms with van der Waals surface area (Å²) in [5, 5.41) is 0. The molecule has 1 atom stereocenters. The maximum absolute atomic E-state index is 11.6. The van der Waals surface area contributed by atoms with Gasteiger partial charge in [0, 0.05) is 7.11 Å². The quantitative estimate of drug-likeness (QED) is 0.717. The van der Waals surface area contributed by atoms with Gasteiger partial charge in [0.2, 0.25) is 0 Å². The average molecular weight is 224 g/mol. The molecule has 0 aromatic heterocycles. The molecule has 0 bridgehead atoms. The highest BCUT2D eigenvalue weighted by molar-refractivity contribution is 5.76. The molecule has 0 saturated heterocycles. The molecule has 4 nitrogen and oxygen atoms in total. The van der Waals surface area contributed by atoms with Crippen LogP contribution in [0.1, 0.15) is 18.6 Å². The molecule has 0 saturated carbocycles. The van der Waals surface area contributed by atoms with Crippen LogP contribution in [0.15, 0.2) is 24.3 Å². The zero-order valence-electron chi connectivity index (χ0n) is 9.73. The van der Waals surface area contributed by atoms with Crippen molar-refractivity contribution in [2.75, 3.05) is 20.8 Å². The predicted octanol–water partition coefficient (Wildman–Crippen LogP) is 1.95. The zero-order chi connectivity index (χ0) is 12.0. The Morgan fingerprint density at radius 2 is 1.88 bits per heavy atom. The molecule has 0 aliphatic heterocycles. The second-order valence-electron chi connectivity index (χ2n) is 3.14. The van der Waals surface area contributed by atoms with E-state index in [4.69, 9.17) is 14.2 Å².